The SMILES string of the molecule is C1=CC(SNc2nc3ccccc3nc2N2C=CCCC2)=CCC1. The van der Waals surface area contributed by atoms with E-state index in [1.54, 1.807) is 11.9 Å². The van der Waals surface area contributed by atoms with Crippen molar-refractivity contribution < 1.29 is 0 Å². The van der Waals surface area contributed by atoms with Gasteiger partial charge in [0.2, 0.25) is 0 Å². The van der Waals surface area contributed by atoms with Gasteiger partial charge in [0.15, 0.2) is 11.6 Å². The van der Waals surface area contributed by atoms with Crippen molar-refractivity contribution in [2.45, 2.75) is 25.7 Å². The Kier molecular flexibility index (Phi) is 4.51. The minimum absolute atomic E-state index is 0.824. The van der Waals surface area contributed by atoms with Crippen LogP contribution < -0.4 is 9.62 Å². The Morgan fingerprint density at radius 3 is 2.62 bits per heavy atom. The summed E-state index contributed by atoms with van der Waals surface area (Å²) in [6, 6.07) is 8.03. The molecule has 0 saturated heterocycles. The van der Waals surface area contributed by atoms with Crippen LogP contribution in [0.25, 0.3) is 11.0 Å². The van der Waals surface area contributed by atoms with Gasteiger partial charge in [0, 0.05) is 17.6 Å². The van der Waals surface area contributed by atoms with E-state index in [1.165, 1.54) is 4.91 Å². The van der Waals surface area contributed by atoms with Crippen molar-refractivity contribution in [2.75, 3.05) is 16.2 Å². The lowest BCUT2D eigenvalue weighted by Gasteiger charge is -2.24. The van der Waals surface area contributed by atoms with Gasteiger partial charge in [-0.1, -0.05) is 36.4 Å². The first-order valence-corrected chi connectivity index (χ1v) is 9.21. The maximum Gasteiger partial charge on any atom is 0.180 e. The van der Waals surface area contributed by atoms with Crippen LogP contribution >= 0.6 is 11.9 Å². The largest absolute Gasteiger partial charge is 0.330 e. The Bertz CT molecular complexity index is 825. The van der Waals surface area contributed by atoms with Crippen LogP contribution in [0.15, 0.2) is 59.7 Å². The van der Waals surface area contributed by atoms with Gasteiger partial charge in [0.25, 0.3) is 0 Å². The molecule has 0 atom stereocenters. The van der Waals surface area contributed by atoms with Gasteiger partial charge < -0.3 is 9.62 Å². The zero-order chi connectivity index (χ0) is 16.2. The minimum Gasteiger partial charge on any atom is -0.330 e. The summed E-state index contributed by atoms with van der Waals surface area (Å²) in [4.78, 5) is 13.1. The third kappa shape index (κ3) is 3.31. The number of fused-ring (bicyclic) bond motifs is 1. The predicted octanol–water partition coefficient (Wildman–Crippen LogP) is 5.04. The standard InChI is InChI=1S/C19H20N4S/c1-3-9-15(10-4-1)24-22-18-19(23-13-7-2-8-14-23)21-17-12-6-5-11-16(17)20-18/h3,5-7,9-13H,1-2,4,8,14H2,(H,20,22). The number of aromatic nitrogens is 2. The molecule has 2 heterocycles. The number of anilines is 2. The van der Waals surface area contributed by atoms with E-state index < -0.39 is 0 Å². The molecule has 0 unspecified atom stereocenters. The van der Waals surface area contributed by atoms with Gasteiger partial charge in [0.1, 0.15) is 0 Å². The first kappa shape index (κ1) is 15.3. The summed E-state index contributed by atoms with van der Waals surface area (Å²) in [5.41, 5.74) is 1.84. The molecule has 2 aliphatic rings. The highest BCUT2D eigenvalue weighted by molar-refractivity contribution is 8.04. The van der Waals surface area contributed by atoms with Gasteiger partial charge in [-0.3, -0.25) is 0 Å². The van der Waals surface area contributed by atoms with E-state index in [-0.39, 0.29) is 0 Å². The van der Waals surface area contributed by atoms with Crippen LogP contribution in [0.3, 0.4) is 0 Å². The lowest BCUT2D eigenvalue weighted by molar-refractivity contribution is 0.779. The number of hydrogen-bond donors (Lipinski definition) is 1. The van der Waals surface area contributed by atoms with Crippen LogP contribution in [-0.4, -0.2) is 16.5 Å². The topological polar surface area (TPSA) is 41.1 Å². The van der Waals surface area contributed by atoms with Crippen molar-refractivity contribution in [3.05, 3.63) is 59.7 Å². The maximum absolute atomic E-state index is 4.86. The Hall–Kier alpha value is -2.27. The van der Waals surface area contributed by atoms with Crippen molar-refractivity contribution in [3.8, 4) is 0 Å². The molecule has 1 aromatic heterocycles. The minimum atomic E-state index is 0.824. The van der Waals surface area contributed by atoms with Crippen molar-refractivity contribution in [2.24, 2.45) is 0 Å². The molecule has 24 heavy (non-hydrogen) atoms. The molecule has 1 aliphatic heterocycles. The summed E-state index contributed by atoms with van der Waals surface area (Å²) in [5.74, 6) is 1.72. The number of rotatable bonds is 4. The van der Waals surface area contributed by atoms with E-state index in [1.807, 2.05) is 24.3 Å². The zero-order valence-electron chi connectivity index (χ0n) is 13.5. The summed E-state index contributed by atoms with van der Waals surface area (Å²) in [5, 5.41) is 0. The fourth-order valence-electron chi connectivity index (χ4n) is 2.86. The predicted molar refractivity (Wildman–Crippen MR) is 103 cm³/mol. The Morgan fingerprint density at radius 1 is 1.00 bits per heavy atom. The molecule has 1 aliphatic carbocycles. The molecular weight excluding hydrogens is 316 g/mol. The molecule has 4 rings (SSSR count). The summed E-state index contributed by atoms with van der Waals surface area (Å²) in [7, 11) is 0. The first-order chi connectivity index (χ1) is 11.9. The maximum atomic E-state index is 4.86. The lowest BCUT2D eigenvalue weighted by atomic mass is 10.2. The molecule has 0 radical (unpaired) electrons. The molecule has 1 aromatic carbocycles. The Balaban J connectivity index is 1.68. The van der Waals surface area contributed by atoms with Crippen molar-refractivity contribution >= 4 is 34.6 Å². The molecule has 2 aromatic rings. The smallest absolute Gasteiger partial charge is 0.180 e. The lowest BCUT2D eigenvalue weighted by Crippen LogP contribution is -2.22. The van der Waals surface area contributed by atoms with Gasteiger partial charge >= 0.3 is 0 Å². The Morgan fingerprint density at radius 2 is 1.88 bits per heavy atom. The van der Waals surface area contributed by atoms with E-state index in [0.717, 1.165) is 54.9 Å². The summed E-state index contributed by atoms with van der Waals surface area (Å²) in [6.07, 6.45) is 15.5. The summed E-state index contributed by atoms with van der Waals surface area (Å²) in [6.45, 7) is 0.978. The highest BCUT2D eigenvalue weighted by Crippen LogP contribution is 2.31. The van der Waals surface area contributed by atoms with E-state index in [2.05, 4.69) is 40.1 Å². The molecule has 5 heteroatoms. The van der Waals surface area contributed by atoms with Gasteiger partial charge in [-0.15, -0.1) is 0 Å². The van der Waals surface area contributed by atoms with E-state index in [4.69, 9.17) is 9.97 Å². The van der Waals surface area contributed by atoms with Crippen molar-refractivity contribution in [3.63, 3.8) is 0 Å². The zero-order valence-corrected chi connectivity index (χ0v) is 14.3. The number of para-hydroxylation sites is 2. The number of allylic oxidation sites excluding steroid dienone is 4. The fraction of sp³-hybridized carbons (Fsp3) is 0.263. The quantitative estimate of drug-likeness (QED) is 0.792. The molecule has 122 valence electrons. The highest BCUT2D eigenvalue weighted by atomic mass is 32.2. The van der Waals surface area contributed by atoms with Crippen LogP contribution in [0.4, 0.5) is 11.6 Å². The van der Waals surface area contributed by atoms with Gasteiger partial charge in [-0.25, -0.2) is 9.97 Å². The molecule has 0 bridgehead atoms. The first-order valence-electron chi connectivity index (χ1n) is 8.40. The third-order valence-electron chi connectivity index (χ3n) is 4.11. The molecule has 0 saturated carbocycles. The molecule has 0 spiro atoms. The van der Waals surface area contributed by atoms with Gasteiger partial charge in [0.05, 0.1) is 11.0 Å². The second kappa shape index (κ2) is 7.09. The monoisotopic (exact) mass is 336 g/mol. The fourth-order valence-corrected chi connectivity index (χ4v) is 3.58. The van der Waals surface area contributed by atoms with E-state index in [0.29, 0.717) is 0 Å². The molecular formula is C19H20N4S. The number of nitrogens with one attached hydrogen (secondary N) is 1. The van der Waals surface area contributed by atoms with Crippen LogP contribution in [0.5, 0.6) is 0 Å². The molecule has 4 nitrogen and oxygen atoms in total. The second-order valence-corrected chi connectivity index (χ2v) is 6.77. The average Bonchev–Trinajstić information content (AvgIpc) is 2.67. The van der Waals surface area contributed by atoms with Crippen molar-refractivity contribution in [1.29, 1.82) is 0 Å². The highest BCUT2D eigenvalue weighted by Gasteiger charge is 2.16. The summed E-state index contributed by atoms with van der Waals surface area (Å²) < 4.78 is 3.42. The van der Waals surface area contributed by atoms with Crippen LogP contribution in [0.2, 0.25) is 0 Å². The second-order valence-electron chi connectivity index (χ2n) is 5.90. The molecule has 1 N–H and O–H groups in total. The van der Waals surface area contributed by atoms with E-state index >= 15 is 0 Å². The average molecular weight is 336 g/mol. The molecule has 0 fully saturated rings. The molecule has 0 amide bonds. The van der Waals surface area contributed by atoms with Crippen LogP contribution in [0, 0.1) is 0 Å². The van der Waals surface area contributed by atoms with Crippen LogP contribution in [0.1, 0.15) is 25.7 Å². The normalized spacial score (nSPS) is 17.2. The number of benzene rings is 1. The third-order valence-corrected chi connectivity index (χ3v) is 4.94. The summed E-state index contributed by atoms with van der Waals surface area (Å²) >= 11 is 1.61. The van der Waals surface area contributed by atoms with Gasteiger partial charge in [-0.2, -0.15) is 0 Å². The van der Waals surface area contributed by atoms with Crippen molar-refractivity contribution in [1.82, 2.24) is 9.97 Å². The van der Waals surface area contributed by atoms with E-state index in [9.17, 15) is 0 Å². The number of nitrogens with zero attached hydrogens (tertiary/aromatic N) is 3. The van der Waals surface area contributed by atoms with Crippen LogP contribution in [-0.2, 0) is 0 Å². The Labute approximate surface area is 146 Å². The van der Waals surface area contributed by atoms with Gasteiger partial charge in [-0.05, 0) is 49.8 Å². The number of hydrogen-bond acceptors (Lipinski definition) is 5.